The Morgan fingerprint density at radius 1 is 1.22 bits per heavy atom. The van der Waals surface area contributed by atoms with Gasteiger partial charge >= 0.3 is 12.1 Å². The van der Waals surface area contributed by atoms with Crippen LogP contribution >= 0.6 is 23.1 Å². The van der Waals surface area contributed by atoms with Gasteiger partial charge in [-0.2, -0.15) is 13.2 Å². The summed E-state index contributed by atoms with van der Waals surface area (Å²) in [6.07, 6.45) is -4.62. The van der Waals surface area contributed by atoms with Gasteiger partial charge in [-0.3, -0.25) is 0 Å². The van der Waals surface area contributed by atoms with Crippen LogP contribution in [0.15, 0.2) is 8.76 Å². The van der Waals surface area contributed by atoms with Crippen LogP contribution in [-0.2, 0) is 6.18 Å². The number of alkyl halides is 3. The van der Waals surface area contributed by atoms with Crippen LogP contribution in [0.1, 0.15) is 29.0 Å². The number of hydrogen-bond donors (Lipinski definition) is 0. The Morgan fingerprint density at radius 2 is 1.94 bits per heavy atom. The van der Waals surface area contributed by atoms with Gasteiger partial charge < -0.3 is 4.42 Å². The molecule has 5 nitrogen and oxygen atoms in total. The van der Waals surface area contributed by atoms with E-state index in [1.807, 2.05) is 0 Å². The molecule has 0 aliphatic carbocycles. The van der Waals surface area contributed by atoms with Gasteiger partial charge in [0.25, 0.3) is 0 Å². The molecule has 0 bridgehead atoms. The number of aryl methyl sites for hydroxylation is 1. The van der Waals surface area contributed by atoms with Crippen molar-refractivity contribution in [3.8, 4) is 0 Å². The van der Waals surface area contributed by atoms with E-state index in [-0.39, 0.29) is 5.89 Å². The summed E-state index contributed by atoms with van der Waals surface area (Å²) in [6.45, 7) is 3.45. The summed E-state index contributed by atoms with van der Waals surface area (Å²) in [5.41, 5.74) is 0. The van der Waals surface area contributed by atoms with E-state index in [1.165, 1.54) is 23.1 Å². The third kappa shape index (κ3) is 2.99. The Hall–Kier alpha value is -1.16. The largest absolute Gasteiger partial charge is 0.470 e. The Balaban J connectivity index is 2.09. The second-order valence-corrected chi connectivity index (χ2v) is 6.06. The number of rotatable bonds is 3. The number of halogens is 3. The zero-order valence-corrected chi connectivity index (χ0v) is 10.9. The minimum absolute atomic E-state index is 0.0832. The zero-order valence-electron chi connectivity index (χ0n) is 9.22. The molecule has 0 aromatic carbocycles. The maximum atomic E-state index is 12.3. The van der Waals surface area contributed by atoms with Gasteiger partial charge in [-0.1, -0.05) is 23.1 Å². The molecule has 0 saturated heterocycles. The molecule has 2 aromatic heterocycles. The average molecular weight is 296 g/mol. The van der Waals surface area contributed by atoms with Crippen molar-refractivity contribution >= 4 is 23.1 Å². The number of aromatic nitrogens is 4. The van der Waals surface area contributed by atoms with Gasteiger partial charge in [-0.15, -0.1) is 20.4 Å². The van der Waals surface area contributed by atoms with Crippen molar-refractivity contribution < 1.29 is 17.6 Å². The second kappa shape index (κ2) is 4.84. The van der Waals surface area contributed by atoms with E-state index in [0.717, 1.165) is 5.01 Å². The van der Waals surface area contributed by atoms with Crippen LogP contribution in [0.5, 0.6) is 0 Å². The lowest BCUT2D eigenvalue weighted by molar-refractivity contribution is -0.157. The molecule has 0 spiro atoms. The van der Waals surface area contributed by atoms with Crippen molar-refractivity contribution in [3.05, 3.63) is 16.8 Å². The quantitative estimate of drug-likeness (QED) is 0.811. The lowest BCUT2D eigenvalue weighted by Crippen LogP contribution is -2.04. The fraction of sp³-hybridized carbons (Fsp3) is 0.500. The van der Waals surface area contributed by atoms with Crippen LogP contribution in [-0.4, -0.2) is 20.4 Å². The lowest BCUT2D eigenvalue weighted by Gasteiger charge is -2.02. The van der Waals surface area contributed by atoms with E-state index in [0.29, 0.717) is 4.34 Å². The van der Waals surface area contributed by atoms with E-state index in [1.54, 1.807) is 13.8 Å². The topological polar surface area (TPSA) is 64.7 Å². The molecule has 0 amide bonds. The molecule has 2 rings (SSSR count). The van der Waals surface area contributed by atoms with Crippen LogP contribution in [0.2, 0.25) is 0 Å². The van der Waals surface area contributed by atoms with Crippen LogP contribution in [0.3, 0.4) is 0 Å². The van der Waals surface area contributed by atoms with E-state index in [9.17, 15) is 13.2 Å². The first kappa shape index (κ1) is 13.3. The fourth-order valence-electron chi connectivity index (χ4n) is 1.04. The molecule has 0 fully saturated rings. The van der Waals surface area contributed by atoms with Gasteiger partial charge in [0.15, 0.2) is 4.34 Å². The summed E-state index contributed by atoms with van der Waals surface area (Å²) in [7, 11) is 0. The van der Waals surface area contributed by atoms with Gasteiger partial charge in [0, 0.05) is 0 Å². The number of nitrogens with zero attached hydrogens (tertiary/aromatic N) is 4. The molecule has 0 saturated carbocycles. The van der Waals surface area contributed by atoms with Gasteiger partial charge in [0.1, 0.15) is 5.01 Å². The summed E-state index contributed by atoms with van der Waals surface area (Å²) >= 11 is 2.57. The molecule has 10 heteroatoms. The predicted molar refractivity (Wildman–Crippen MR) is 58.2 cm³/mol. The normalized spacial score (nSPS) is 13.8. The monoisotopic (exact) mass is 296 g/mol. The molecule has 1 unspecified atom stereocenters. The van der Waals surface area contributed by atoms with Crippen molar-refractivity contribution in [1.82, 2.24) is 20.4 Å². The lowest BCUT2D eigenvalue weighted by atomic mass is 10.5. The van der Waals surface area contributed by atoms with Gasteiger partial charge in [-0.05, 0) is 13.8 Å². The Labute approximate surface area is 108 Å². The third-order valence-corrected chi connectivity index (χ3v) is 3.83. The average Bonchev–Trinajstić information content (AvgIpc) is 2.85. The SMILES string of the molecule is Cc1nnc(SC(C)c2nnc(C(F)(F)F)o2)s1. The second-order valence-electron chi connectivity index (χ2n) is 3.29. The first-order chi connectivity index (χ1) is 8.36. The molecule has 18 heavy (non-hydrogen) atoms. The van der Waals surface area contributed by atoms with Gasteiger partial charge in [0.05, 0.1) is 5.25 Å². The third-order valence-electron chi connectivity index (χ3n) is 1.82. The summed E-state index contributed by atoms with van der Waals surface area (Å²) in [5, 5.41) is 14.4. The summed E-state index contributed by atoms with van der Waals surface area (Å²) < 4.78 is 42.0. The van der Waals surface area contributed by atoms with Crippen LogP contribution in [0, 0.1) is 6.92 Å². The minimum atomic E-state index is -4.62. The van der Waals surface area contributed by atoms with Crippen molar-refractivity contribution in [2.24, 2.45) is 0 Å². The standard InChI is InChI=1S/C8H7F3N4OS2/c1-3(17-7-15-12-4(2)18-7)5-13-14-6(16-5)8(9,10)11/h3H,1-2H3. The molecule has 2 heterocycles. The van der Waals surface area contributed by atoms with Gasteiger partial charge in [0.2, 0.25) is 5.89 Å². The van der Waals surface area contributed by atoms with Crippen LogP contribution in [0.4, 0.5) is 13.2 Å². The van der Waals surface area contributed by atoms with Crippen molar-refractivity contribution in [1.29, 1.82) is 0 Å². The van der Waals surface area contributed by atoms with Gasteiger partial charge in [-0.25, -0.2) is 0 Å². The maximum absolute atomic E-state index is 12.3. The fourth-order valence-corrected chi connectivity index (χ4v) is 3.03. The molecule has 0 aliphatic rings. The van der Waals surface area contributed by atoms with E-state index in [2.05, 4.69) is 24.8 Å². The summed E-state index contributed by atoms with van der Waals surface area (Å²) in [6, 6.07) is 0. The smallest absolute Gasteiger partial charge is 0.416 e. The first-order valence-corrected chi connectivity index (χ1v) is 6.43. The van der Waals surface area contributed by atoms with E-state index >= 15 is 0 Å². The predicted octanol–water partition coefficient (Wildman–Crippen LogP) is 3.10. The molecular formula is C8H7F3N4OS2. The van der Waals surface area contributed by atoms with Crippen LogP contribution < -0.4 is 0 Å². The van der Waals surface area contributed by atoms with E-state index < -0.39 is 17.3 Å². The number of hydrogen-bond acceptors (Lipinski definition) is 7. The Morgan fingerprint density at radius 3 is 2.44 bits per heavy atom. The molecule has 0 radical (unpaired) electrons. The van der Waals surface area contributed by atoms with Crippen molar-refractivity contribution in [3.63, 3.8) is 0 Å². The molecule has 98 valence electrons. The molecule has 0 N–H and O–H groups in total. The highest BCUT2D eigenvalue weighted by Gasteiger charge is 2.38. The van der Waals surface area contributed by atoms with Crippen molar-refractivity contribution in [2.75, 3.05) is 0 Å². The molecular weight excluding hydrogens is 289 g/mol. The minimum Gasteiger partial charge on any atom is -0.416 e. The Kier molecular flexibility index (Phi) is 3.57. The zero-order chi connectivity index (χ0) is 13.3. The summed E-state index contributed by atoms with van der Waals surface area (Å²) in [4.78, 5) is 0. The maximum Gasteiger partial charge on any atom is 0.470 e. The van der Waals surface area contributed by atoms with E-state index in [4.69, 9.17) is 0 Å². The number of thioether (sulfide) groups is 1. The van der Waals surface area contributed by atoms with Crippen molar-refractivity contribution in [2.45, 2.75) is 29.6 Å². The Bertz CT molecular complexity index is 538. The first-order valence-electron chi connectivity index (χ1n) is 4.73. The van der Waals surface area contributed by atoms with Crippen LogP contribution in [0.25, 0.3) is 0 Å². The molecule has 2 aromatic rings. The summed E-state index contributed by atoms with van der Waals surface area (Å²) in [5.74, 6) is -1.42. The highest BCUT2D eigenvalue weighted by atomic mass is 32.2. The highest BCUT2D eigenvalue weighted by molar-refractivity contribution is 8.01. The molecule has 1 atom stereocenters. The highest BCUT2D eigenvalue weighted by Crippen LogP contribution is 2.37. The molecule has 0 aliphatic heterocycles.